The van der Waals surface area contributed by atoms with Gasteiger partial charge >= 0.3 is 0 Å². The summed E-state index contributed by atoms with van der Waals surface area (Å²) < 4.78 is 18.2. The molecule has 1 amide bonds. The van der Waals surface area contributed by atoms with Crippen molar-refractivity contribution < 1.29 is 18.7 Å². The van der Waals surface area contributed by atoms with Crippen molar-refractivity contribution in [1.29, 1.82) is 0 Å². The summed E-state index contributed by atoms with van der Waals surface area (Å²) in [4.78, 5) is 21.4. The van der Waals surface area contributed by atoms with Crippen LogP contribution in [0.3, 0.4) is 0 Å². The van der Waals surface area contributed by atoms with Crippen molar-refractivity contribution in [2.75, 3.05) is 12.4 Å². The van der Waals surface area contributed by atoms with Crippen LogP contribution in [0.1, 0.15) is 17.3 Å². The van der Waals surface area contributed by atoms with Crippen LogP contribution in [0, 0.1) is 5.82 Å². The normalized spacial score (nSPS) is 9.53. The number of anilines is 1. The number of carbonyl (C=O) groups is 2. The molecule has 0 saturated carbocycles. The van der Waals surface area contributed by atoms with Crippen LogP contribution in [0.4, 0.5) is 10.1 Å². The number of halogens is 1. The van der Waals surface area contributed by atoms with E-state index in [1.54, 1.807) is 0 Å². The Hall–Kier alpha value is -1.91. The average molecular weight is 211 g/mol. The molecule has 80 valence electrons. The van der Waals surface area contributed by atoms with Crippen molar-refractivity contribution in [1.82, 2.24) is 0 Å². The topological polar surface area (TPSA) is 55.4 Å². The molecule has 0 atom stereocenters. The summed E-state index contributed by atoms with van der Waals surface area (Å²) in [7, 11) is 1.36. The molecular formula is C10H10FNO3. The molecule has 0 radical (unpaired) electrons. The smallest absolute Gasteiger partial charge is 0.221 e. The Labute approximate surface area is 86.0 Å². The van der Waals surface area contributed by atoms with E-state index < -0.39 is 11.7 Å². The predicted octanol–water partition coefficient (Wildman–Crippen LogP) is 1.61. The van der Waals surface area contributed by atoms with E-state index in [0.717, 1.165) is 6.07 Å². The van der Waals surface area contributed by atoms with Crippen LogP contribution in [0.5, 0.6) is 5.75 Å². The minimum Gasteiger partial charge on any atom is -0.497 e. The molecule has 1 aromatic carbocycles. The van der Waals surface area contributed by atoms with Crippen LogP contribution in [0.2, 0.25) is 0 Å². The van der Waals surface area contributed by atoms with E-state index in [0.29, 0.717) is 6.29 Å². The van der Waals surface area contributed by atoms with Gasteiger partial charge in [0.25, 0.3) is 0 Å². The maximum Gasteiger partial charge on any atom is 0.221 e. The molecule has 0 bridgehead atoms. The van der Waals surface area contributed by atoms with E-state index >= 15 is 0 Å². The van der Waals surface area contributed by atoms with E-state index in [1.165, 1.54) is 20.1 Å². The Morgan fingerprint density at radius 2 is 2.20 bits per heavy atom. The zero-order valence-electron chi connectivity index (χ0n) is 8.33. The molecule has 0 aliphatic heterocycles. The lowest BCUT2D eigenvalue weighted by Gasteiger charge is -2.08. The highest BCUT2D eigenvalue weighted by molar-refractivity contribution is 5.95. The number of hydrogen-bond acceptors (Lipinski definition) is 3. The Morgan fingerprint density at radius 3 is 2.67 bits per heavy atom. The second kappa shape index (κ2) is 4.54. The lowest BCUT2D eigenvalue weighted by molar-refractivity contribution is -0.114. The first kappa shape index (κ1) is 11.2. The summed E-state index contributed by atoms with van der Waals surface area (Å²) in [6.07, 6.45) is 0.455. The first-order chi connectivity index (χ1) is 7.08. The van der Waals surface area contributed by atoms with Gasteiger partial charge in [0.2, 0.25) is 5.91 Å². The van der Waals surface area contributed by atoms with Crippen LogP contribution in [-0.2, 0) is 4.79 Å². The van der Waals surface area contributed by atoms with Crippen molar-refractivity contribution in [2.45, 2.75) is 6.92 Å². The second-order valence-electron chi connectivity index (χ2n) is 2.87. The van der Waals surface area contributed by atoms with Crippen molar-refractivity contribution in [2.24, 2.45) is 0 Å². The van der Waals surface area contributed by atoms with Gasteiger partial charge in [0.1, 0.15) is 5.75 Å². The van der Waals surface area contributed by atoms with Gasteiger partial charge in [-0.1, -0.05) is 0 Å². The maximum atomic E-state index is 13.4. The van der Waals surface area contributed by atoms with Gasteiger partial charge in [0.05, 0.1) is 12.8 Å². The van der Waals surface area contributed by atoms with Crippen LogP contribution < -0.4 is 10.1 Å². The van der Waals surface area contributed by atoms with E-state index in [1.807, 2.05) is 0 Å². The quantitative estimate of drug-likeness (QED) is 0.772. The van der Waals surface area contributed by atoms with E-state index in [9.17, 15) is 14.0 Å². The number of benzene rings is 1. The summed E-state index contributed by atoms with van der Waals surface area (Å²) in [5.74, 6) is -0.919. The molecule has 0 unspecified atom stereocenters. The fraction of sp³-hybridized carbons (Fsp3) is 0.200. The molecule has 1 rings (SSSR count). The average Bonchev–Trinajstić information content (AvgIpc) is 2.20. The van der Waals surface area contributed by atoms with Crippen molar-refractivity contribution in [3.05, 3.63) is 23.5 Å². The number of ether oxygens (including phenoxy) is 1. The van der Waals surface area contributed by atoms with Crippen LogP contribution in [-0.4, -0.2) is 19.3 Å². The molecule has 0 aromatic heterocycles. The zero-order valence-corrected chi connectivity index (χ0v) is 8.33. The third-order valence-electron chi connectivity index (χ3n) is 1.76. The lowest BCUT2D eigenvalue weighted by Crippen LogP contribution is -2.10. The molecule has 4 nitrogen and oxygen atoms in total. The minimum absolute atomic E-state index is 0.0436. The number of aldehydes is 1. The standard InChI is InChI=1S/C10H10FNO3/c1-6(14)12-10-7(5-13)3-8(15-2)4-9(10)11/h3-5H,1-2H3,(H,12,14). The highest BCUT2D eigenvalue weighted by atomic mass is 19.1. The van der Waals surface area contributed by atoms with Gasteiger partial charge in [-0.05, 0) is 6.07 Å². The molecule has 1 aromatic rings. The largest absolute Gasteiger partial charge is 0.497 e. The lowest BCUT2D eigenvalue weighted by atomic mass is 10.1. The van der Waals surface area contributed by atoms with Gasteiger partial charge in [0.15, 0.2) is 12.1 Å². The van der Waals surface area contributed by atoms with Gasteiger partial charge in [-0.2, -0.15) is 0 Å². The van der Waals surface area contributed by atoms with Gasteiger partial charge in [0, 0.05) is 18.6 Å². The maximum absolute atomic E-state index is 13.4. The number of hydrogen-bond donors (Lipinski definition) is 1. The highest BCUT2D eigenvalue weighted by Gasteiger charge is 2.11. The number of rotatable bonds is 3. The summed E-state index contributed by atoms with van der Waals surface area (Å²) in [5.41, 5.74) is -0.0830. The summed E-state index contributed by atoms with van der Waals surface area (Å²) in [6.45, 7) is 1.23. The molecular weight excluding hydrogens is 201 g/mol. The molecule has 0 aliphatic carbocycles. The number of nitrogens with one attached hydrogen (secondary N) is 1. The van der Waals surface area contributed by atoms with Gasteiger partial charge < -0.3 is 10.1 Å². The van der Waals surface area contributed by atoms with Gasteiger partial charge in [-0.3, -0.25) is 9.59 Å². The number of amides is 1. The molecule has 0 spiro atoms. The number of methoxy groups -OCH3 is 1. The molecule has 0 aliphatic rings. The monoisotopic (exact) mass is 211 g/mol. The SMILES string of the molecule is COc1cc(F)c(NC(C)=O)c(C=O)c1. The van der Waals surface area contributed by atoms with Crippen LogP contribution in [0.15, 0.2) is 12.1 Å². The molecule has 0 saturated heterocycles. The predicted molar refractivity (Wildman–Crippen MR) is 52.6 cm³/mol. The summed E-state index contributed by atoms with van der Waals surface area (Å²) in [6, 6.07) is 2.44. The van der Waals surface area contributed by atoms with Crippen molar-refractivity contribution in [3.8, 4) is 5.75 Å². The fourth-order valence-corrected chi connectivity index (χ4v) is 1.12. The Kier molecular flexibility index (Phi) is 3.38. The van der Waals surface area contributed by atoms with Crippen LogP contribution in [0.25, 0.3) is 0 Å². The van der Waals surface area contributed by atoms with Crippen molar-refractivity contribution >= 4 is 17.9 Å². The van der Waals surface area contributed by atoms with Crippen molar-refractivity contribution in [3.63, 3.8) is 0 Å². The van der Waals surface area contributed by atoms with E-state index in [4.69, 9.17) is 4.74 Å². The molecule has 15 heavy (non-hydrogen) atoms. The molecule has 1 N–H and O–H groups in total. The van der Waals surface area contributed by atoms with E-state index in [2.05, 4.69) is 5.32 Å². The Balaban J connectivity index is 3.24. The molecule has 5 heteroatoms. The number of carbonyl (C=O) groups excluding carboxylic acids is 2. The highest BCUT2D eigenvalue weighted by Crippen LogP contribution is 2.24. The summed E-state index contributed by atoms with van der Waals surface area (Å²) in [5, 5.41) is 2.24. The van der Waals surface area contributed by atoms with Gasteiger partial charge in [-0.15, -0.1) is 0 Å². The molecule has 0 heterocycles. The van der Waals surface area contributed by atoms with E-state index in [-0.39, 0.29) is 17.0 Å². The first-order valence-corrected chi connectivity index (χ1v) is 4.18. The second-order valence-corrected chi connectivity index (χ2v) is 2.87. The molecule has 0 fully saturated rings. The third kappa shape index (κ3) is 2.52. The van der Waals surface area contributed by atoms with Crippen LogP contribution >= 0.6 is 0 Å². The summed E-state index contributed by atoms with van der Waals surface area (Å²) >= 11 is 0. The Morgan fingerprint density at radius 1 is 1.53 bits per heavy atom. The fourth-order valence-electron chi connectivity index (χ4n) is 1.12. The van der Waals surface area contributed by atoms with Gasteiger partial charge in [-0.25, -0.2) is 4.39 Å². The zero-order chi connectivity index (χ0) is 11.4. The first-order valence-electron chi connectivity index (χ1n) is 4.18. The Bertz CT molecular complexity index is 404. The minimum atomic E-state index is -0.702. The third-order valence-corrected chi connectivity index (χ3v) is 1.76.